The molecule has 0 aliphatic heterocycles. The van der Waals surface area contributed by atoms with Crippen molar-refractivity contribution < 1.29 is 9.21 Å². The zero-order valence-electron chi connectivity index (χ0n) is 11.9. The Kier molecular flexibility index (Phi) is 3.90. The average molecular weight is 260 g/mol. The topological polar surface area (TPSA) is 36.7 Å². The van der Waals surface area contributed by atoms with Gasteiger partial charge in [-0.1, -0.05) is 18.2 Å². The van der Waals surface area contributed by atoms with E-state index in [-0.39, 0.29) is 5.91 Å². The van der Waals surface area contributed by atoms with Gasteiger partial charge in [0.2, 0.25) is 0 Å². The van der Waals surface area contributed by atoms with Crippen molar-refractivity contribution in [3.8, 4) is 0 Å². The zero-order valence-corrected chi connectivity index (χ0v) is 11.9. The van der Waals surface area contributed by atoms with Crippen molar-refractivity contribution in [1.29, 1.82) is 0 Å². The molecule has 1 amide bonds. The predicted molar refractivity (Wildman–Crippen MR) is 76.2 cm³/mol. The van der Waals surface area contributed by atoms with Crippen LogP contribution in [0.15, 0.2) is 28.7 Å². The van der Waals surface area contributed by atoms with Crippen molar-refractivity contribution in [2.24, 2.45) is 0 Å². The van der Waals surface area contributed by atoms with Crippen LogP contribution in [0.1, 0.15) is 23.0 Å². The fourth-order valence-corrected chi connectivity index (χ4v) is 2.06. The molecule has 1 aromatic heterocycles. The predicted octanol–water partition coefficient (Wildman–Crippen LogP) is 2.59. The maximum atomic E-state index is 12.4. The van der Waals surface area contributed by atoms with Gasteiger partial charge in [-0.05, 0) is 27.1 Å². The molecular formula is C15H20N2O2. The number of benzene rings is 1. The highest BCUT2D eigenvalue weighted by Gasteiger charge is 2.22. The molecule has 0 bridgehead atoms. The minimum absolute atomic E-state index is 0.0597. The molecule has 0 N–H and O–H groups in total. The smallest absolute Gasteiger partial charge is 0.289 e. The van der Waals surface area contributed by atoms with Crippen molar-refractivity contribution in [2.75, 3.05) is 27.7 Å². The van der Waals surface area contributed by atoms with E-state index in [0.717, 1.165) is 16.5 Å². The molecule has 0 saturated heterocycles. The van der Waals surface area contributed by atoms with Crippen molar-refractivity contribution in [3.05, 3.63) is 35.6 Å². The summed E-state index contributed by atoms with van der Waals surface area (Å²) in [5, 5.41) is 1.02. The second kappa shape index (κ2) is 5.45. The van der Waals surface area contributed by atoms with E-state index in [2.05, 4.69) is 0 Å². The van der Waals surface area contributed by atoms with E-state index >= 15 is 0 Å². The molecule has 0 atom stereocenters. The van der Waals surface area contributed by atoms with Crippen LogP contribution in [-0.4, -0.2) is 43.4 Å². The van der Waals surface area contributed by atoms with E-state index in [1.54, 1.807) is 11.9 Å². The Labute approximate surface area is 113 Å². The maximum Gasteiger partial charge on any atom is 0.289 e. The molecule has 0 fully saturated rings. The second-order valence-electron chi connectivity index (χ2n) is 4.96. The van der Waals surface area contributed by atoms with E-state index in [0.29, 0.717) is 18.8 Å². The molecule has 102 valence electrons. The van der Waals surface area contributed by atoms with Crippen molar-refractivity contribution in [1.82, 2.24) is 9.80 Å². The fraction of sp³-hybridized carbons (Fsp3) is 0.400. The van der Waals surface area contributed by atoms with Crippen LogP contribution < -0.4 is 0 Å². The van der Waals surface area contributed by atoms with E-state index in [1.807, 2.05) is 50.2 Å². The van der Waals surface area contributed by atoms with Gasteiger partial charge in [-0.3, -0.25) is 4.79 Å². The summed E-state index contributed by atoms with van der Waals surface area (Å²) in [5.74, 6) is 0.398. The third-order valence-corrected chi connectivity index (χ3v) is 3.19. The molecule has 0 aliphatic carbocycles. The lowest BCUT2D eigenvalue weighted by molar-refractivity contribution is 0.0771. The van der Waals surface area contributed by atoms with Crippen LogP contribution in [0.3, 0.4) is 0 Å². The van der Waals surface area contributed by atoms with E-state index < -0.39 is 0 Å². The molecule has 19 heavy (non-hydrogen) atoms. The summed E-state index contributed by atoms with van der Waals surface area (Å²) < 4.78 is 5.77. The lowest BCUT2D eigenvalue weighted by atomic mass is 10.1. The largest absolute Gasteiger partial charge is 0.451 e. The second-order valence-corrected chi connectivity index (χ2v) is 4.96. The number of amides is 1. The minimum Gasteiger partial charge on any atom is -0.451 e. The normalized spacial score (nSPS) is 11.2. The number of nitrogens with zero attached hydrogens (tertiary/aromatic N) is 2. The summed E-state index contributed by atoms with van der Waals surface area (Å²) in [4.78, 5) is 16.1. The van der Waals surface area contributed by atoms with E-state index in [1.165, 1.54) is 0 Å². The monoisotopic (exact) mass is 260 g/mol. The maximum absolute atomic E-state index is 12.4. The average Bonchev–Trinajstić information content (AvgIpc) is 2.75. The number of rotatable bonds is 4. The van der Waals surface area contributed by atoms with Crippen LogP contribution in [-0.2, 0) is 6.54 Å². The molecule has 0 aliphatic rings. The minimum atomic E-state index is -0.0597. The van der Waals surface area contributed by atoms with Crippen molar-refractivity contribution >= 4 is 16.9 Å². The van der Waals surface area contributed by atoms with Crippen LogP contribution in [0.4, 0.5) is 0 Å². The summed E-state index contributed by atoms with van der Waals surface area (Å²) in [6.45, 7) is 3.30. The first-order chi connectivity index (χ1) is 9.04. The first-order valence-corrected chi connectivity index (χ1v) is 6.45. The van der Waals surface area contributed by atoms with Gasteiger partial charge in [-0.15, -0.1) is 0 Å². The van der Waals surface area contributed by atoms with Gasteiger partial charge in [-0.25, -0.2) is 0 Å². The zero-order chi connectivity index (χ0) is 14.0. The Hall–Kier alpha value is -1.81. The number of hydrogen-bond acceptors (Lipinski definition) is 3. The van der Waals surface area contributed by atoms with Crippen LogP contribution >= 0.6 is 0 Å². The Morgan fingerprint density at radius 2 is 1.89 bits per heavy atom. The lowest BCUT2D eigenvalue weighted by Gasteiger charge is -2.15. The summed E-state index contributed by atoms with van der Waals surface area (Å²) in [6, 6.07) is 7.79. The molecule has 2 rings (SSSR count). The molecule has 4 nitrogen and oxygen atoms in total. The number of fused-ring (bicyclic) bond motifs is 1. The van der Waals surface area contributed by atoms with E-state index in [9.17, 15) is 4.79 Å². The Bertz CT molecular complexity index is 587. The third kappa shape index (κ3) is 2.63. The van der Waals surface area contributed by atoms with Gasteiger partial charge in [0.15, 0.2) is 5.76 Å². The highest BCUT2D eigenvalue weighted by molar-refractivity contribution is 5.98. The van der Waals surface area contributed by atoms with Gasteiger partial charge >= 0.3 is 0 Å². The third-order valence-electron chi connectivity index (χ3n) is 3.19. The molecule has 0 saturated carbocycles. The SMILES string of the molecule is CCN(C)C(=O)c1oc2ccccc2c1CN(C)C. The summed E-state index contributed by atoms with van der Waals surface area (Å²) >= 11 is 0. The molecule has 0 radical (unpaired) electrons. The molecule has 0 spiro atoms. The quantitative estimate of drug-likeness (QED) is 0.848. The highest BCUT2D eigenvalue weighted by atomic mass is 16.3. The fourth-order valence-electron chi connectivity index (χ4n) is 2.06. The van der Waals surface area contributed by atoms with Crippen molar-refractivity contribution in [3.63, 3.8) is 0 Å². The first-order valence-electron chi connectivity index (χ1n) is 6.45. The number of furan rings is 1. The van der Waals surface area contributed by atoms with Crippen LogP contribution in [0.5, 0.6) is 0 Å². The van der Waals surface area contributed by atoms with Gasteiger partial charge in [0.25, 0.3) is 5.91 Å². The molecule has 4 heteroatoms. The molecule has 0 unspecified atom stereocenters. The standard InChI is InChI=1S/C15H20N2O2/c1-5-17(4)15(18)14-12(10-16(2)3)11-8-6-7-9-13(11)19-14/h6-9H,5,10H2,1-4H3. The Morgan fingerprint density at radius 3 is 2.53 bits per heavy atom. The summed E-state index contributed by atoms with van der Waals surface area (Å²) in [7, 11) is 5.76. The van der Waals surface area contributed by atoms with E-state index in [4.69, 9.17) is 4.42 Å². The highest BCUT2D eigenvalue weighted by Crippen LogP contribution is 2.27. The number of hydrogen-bond donors (Lipinski definition) is 0. The van der Waals surface area contributed by atoms with Crippen molar-refractivity contribution in [2.45, 2.75) is 13.5 Å². The summed E-state index contributed by atoms with van der Waals surface area (Å²) in [6.07, 6.45) is 0. The molecule has 2 aromatic rings. The molecule has 1 aromatic carbocycles. The number of carbonyl (C=O) groups is 1. The number of carbonyl (C=O) groups excluding carboxylic acids is 1. The Balaban J connectivity index is 2.55. The van der Waals surface area contributed by atoms with Crippen LogP contribution in [0.2, 0.25) is 0 Å². The van der Waals surface area contributed by atoms with Gasteiger partial charge in [0, 0.05) is 31.1 Å². The van der Waals surface area contributed by atoms with Gasteiger partial charge in [0.05, 0.1) is 0 Å². The number of para-hydroxylation sites is 1. The van der Waals surface area contributed by atoms with Crippen LogP contribution in [0.25, 0.3) is 11.0 Å². The van der Waals surface area contributed by atoms with Gasteiger partial charge < -0.3 is 14.2 Å². The van der Waals surface area contributed by atoms with Crippen LogP contribution in [0, 0.1) is 0 Å². The lowest BCUT2D eigenvalue weighted by Crippen LogP contribution is -2.27. The van der Waals surface area contributed by atoms with Gasteiger partial charge in [-0.2, -0.15) is 0 Å². The molecule has 1 heterocycles. The molecular weight excluding hydrogens is 240 g/mol. The first kappa shape index (κ1) is 13.6. The Morgan fingerprint density at radius 1 is 1.21 bits per heavy atom. The summed E-state index contributed by atoms with van der Waals surface area (Å²) in [5.41, 5.74) is 1.73. The van der Waals surface area contributed by atoms with Gasteiger partial charge in [0.1, 0.15) is 5.58 Å².